The maximum Gasteiger partial charge on any atom is 0.147 e. The molecule has 0 amide bonds. The van der Waals surface area contributed by atoms with Crippen molar-refractivity contribution in [2.24, 2.45) is 5.92 Å². The molecular weight excluding hydrogens is 166 g/mol. The molecule has 2 rings (SSSR count). The van der Waals surface area contributed by atoms with Gasteiger partial charge in [0.05, 0.1) is 6.54 Å². The van der Waals surface area contributed by atoms with Crippen LogP contribution in [-0.4, -0.2) is 41.5 Å². The van der Waals surface area contributed by atoms with E-state index in [4.69, 9.17) is 5.11 Å². The predicted molar refractivity (Wildman–Crippen MR) is 49.4 cm³/mol. The highest BCUT2D eigenvalue weighted by atomic mass is 16.3. The van der Waals surface area contributed by atoms with Crippen LogP contribution in [0.4, 0.5) is 0 Å². The Kier molecular flexibility index (Phi) is 2.65. The minimum absolute atomic E-state index is 0.174. The molecule has 74 valence electrons. The van der Waals surface area contributed by atoms with Crippen molar-refractivity contribution >= 4 is 5.78 Å². The van der Waals surface area contributed by atoms with E-state index >= 15 is 0 Å². The van der Waals surface area contributed by atoms with E-state index in [0.717, 1.165) is 6.54 Å². The van der Waals surface area contributed by atoms with Crippen LogP contribution in [0.5, 0.6) is 0 Å². The number of ketones is 1. The summed E-state index contributed by atoms with van der Waals surface area (Å²) in [6, 6.07) is 0.483. The molecule has 0 aliphatic carbocycles. The van der Waals surface area contributed by atoms with Crippen LogP contribution in [0.2, 0.25) is 0 Å². The van der Waals surface area contributed by atoms with Gasteiger partial charge < -0.3 is 5.11 Å². The fourth-order valence-electron chi connectivity index (χ4n) is 2.65. The zero-order valence-corrected chi connectivity index (χ0v) is 7.91. The van der Waals surface area contributed by atoms with Crippen LogP contribution < -0.4 is 0 Å². The highest BCUT2D eigenvalue weighted by molar-refractivity contribution is 5.81. The summed E-state index contributed by atoms with van der Waals surface area (Å²) in [5, 5.41) is 9.17. The lowest BCUT2D eigenvalue weighted by Gasteiger charge is -2.42. The monoisotopic (exact) mass is 183 g/mol. The molecule has 1 N–H and O–H groups in total. The molecule has 3 nitrogen and oxygen atoms in total. The van der Waals surface area contributed by atoms with E-state index in [0.29, 0.717) is 24.8 Å². The van der Waals surface area contributed by atoms with Gasteiger partial charge in [0.25, 0.3) is 0 Å². The molecule has 2 heterocycles. The molecule has 2 saturated heterocycles. The molecule has 0 spiro atoms. The van der Waals surface area contributed by atoms with Crippen molar-refractivity contribution in [3.63, 3.8) is 0 Å². The van der Waals surface area contributed by atoms with E-state index in [1.165, 1.54) is 19.3 Å². The lowest BCUT2D eigenvalue weighted by molar-refractivity contribution is -0.128. The largest absolute Gasteiger partial charge is 0.396 e. The van der Waals surface area contributed by atoms with E-state index in [-0.39, 0.29) is 12.5 Å². The maximum atomic E-state index is 11.3. The molecule has 2 aliphatic rings. The van der Waals surface area contributed by atoms with Gasteiger partial charge in [-0.1, -0.05) is 6.42 Å². The SMILES string of the molecule is O=C1C[C@@H](CO)[C@H]2CCCCN2C1. The Bertz CT molecular complexity index is 195. The summed E-state index contributed by atoms with van der Waals surface area (Å²) >= 11 is 0. The van der Waals surface area contributed by atoms with Gasteiger partial charge in [0.1, 0.15) is 5.78 Å². The number of rotatable bonds is 1. The molecule has 2 fully saturated rings. The third-order valence-electron chi connectivity index (χ3n) is 3.31. The summed E-state index contributed by atoms with van der Waals surface area (Å²) in [7, 11) is 0. The number of hydrogen-bond donors (Lipinski definition) is 1. The number of carbonyl (C=O) groups is 1. The zero-order valence-electron chi connectivity index (χ0n) is 7.91. The number of Topliss-reactive ketones (excluding diaryl/α,β-unsaturated/α-hetero) is 1. The molecule has 0 aromatic heterocycles. The smallest absolute Gasteiger partial charge is 0.147 e. The van der Waals surface area contributed by atoms with Gasteiger partial charge in [0.15, 0.2) is 0 Å². The Labute approximate surface area is 78.7 Å². The summed E-state index contributed by atoms with van der Waals surface area (Å²) in [6.07, 6.45) is 4.23. The number of aliphatic hydroxyl groups is 1. The molecule has 2 aliphatic heterocycles. The van der Waals surface area contributed by atoms with Crippen LogP contribution in [0.3, 0.4) is 0 Å². The van der Waals surface area contributed by atoms with Gasteiger partial charge in [-0.05, 0) is 19.4 Å². The van der Waals surface area contributed by atoms with Gasteiger partial charge in [0.2, 0.25) is 0 Å². The Morgan fingerprint density at radius 2 is 2.31 bits per heavy atom. The topological polar surface area (TPSA) is 40.5 Å². The average Bonchev–Trinajstić information content (AvgIpc) is 2.16. The van der Waals surface area contributed by atoms with Crippen LogP contribution in [-0.2, 0) is 4.79 Å². The second-order valence-electron chi connectivity index (χ2n) is 4.22. The van der Waals surface area contributed by atoms with Crippen LogP contribution >= 0.6 is 0 Å². The van der Waals surface area contributed by atoms with E-state index in [1.54, 1.807) is 0 Å². The molecular formula is C10H17NO2. The molecule has 3 heteroatoms. The van der Waals surface area contributed by atoms with E-state index in [1.807, 2.05) is 0 Å². The Balaban J connectivity index is 2.07. The molecule has 0 unspecified atom stereocenters. The first-order valence-electron chi connectivity index (χ1n) is 5.18. The van der Waals surface area contributed by atoms with Crippen molar-refractivity contribution in [2.75, 3.05) is 19.7 Å². The normalized spacial score (nSPS) is 35.9. The second-order valence-corrected chi connectivity index (χ2v) is 4.22. The standard InChI is InChI=1S/C10H17NO2/c12-7-8-5-9(13)6-11-4-2-1-3-10(8)11/h8,10,12H,1-7H2/t8-,10+/m0/s1. The zero-order chi connectivity index (χ0) is 9.26. The highest BCUT2D eigenvalue weighted by Crippen LogP contribution is 2.28. The van der Waals surface area contributed by atoms with Crippen molar-refractivity contribution < 1.29 is 9.90 Å². The number of aliphatic hydroxyl groups excluding tert-OH is 1. The lowest BCUT2D eigenvalue weighted by atomic mass is 9.84. The van der Waals surface area contributed by atoms with Gasteiger partial charge in [-0.25, -0.2) is 0 Å². The van der Waals surface area contributed by atoms with Crippen molar-refractivity contribution in [2.45, 2.75) is 31.7 Å². The molecule has 13 heavy (non-hydrogen) atoms. The summed E-state index contributed by atoms with van der Waals surface area (Å²) in [5.41, 5.74) is 0. The molecule has 0 aromatic rings. The summed E-state index contributed by atoms with van der Waals surface area (Å²) in [4.78, 5) is 13.6. The molecule has 0 radical (unpaired) electrons. The summed E-state index contributed by atoms with van der Waals surface area (Å²) in [5.74, 6) is 0.513. The minimum Gasteiger partial charge on any atom is -0.396 e. The number of carbonyl (C=O) groups excluding carboxylic acids is 1. The second kappa shape index (κ2) is 3.76. The van der Waals surface area contributed by atoms with E-state index in [9.17, 15) is 4.79 Å². The van der Waals surface area contributed by atoms with Gasteiger partial charge >= 0.3 is 0 Å². The van der Waals surface area contributed by atoms with Crippen molar-refractivity contribution in [1.82, 2.24) is 4.90 Å². The number of fused-ring (bicyclic) bond motifs is 1. The van der Waals surface area contributed by atoms with Gasteiger partial charge in [-0.15, -0.1) is 0 Å². The third kappa shape index (κ3) is 1.76. The van der Waals surface area contributed by atoms with Crippen LogP contribution in [0.15, 0.2) is 0 Å². The van der Waals surface area contributed by atoms with Crippen LogP contribution in [0, 0.1) is 5.92 Å². The quantitative estimate of drug-likeness (QED) is 0.640. The first-order chi connectivity index (χ1) is 6.31. The Morgan fingerprint density at radius 1 is 1.46 bits per heavy atom. The maximum absolute atomic E-state index is 11.3. The van der Waals surface area contributed by atoms with Gasteiger partial charge in [-0.2, -0.15) is 0 Å². The first-order valence-corrected chi connectivity index (χ1v) is 5.18. The number of nitrogens with zero attached hydrogens (tertiary/aromatic N) is 1. The molecule has 0 aromatic carbocycles. The third-order valence-corrected chi connectivity index (χ3v) is 3.31. The summed E-state index contributed by atoms with van der Waals surface area (Å²) < 4.78 is 0. The van der Waals surface area contributed by atoms with Crippen molar-refractivity contribution in [3.05, 3.63) is 0 Å². The van der Waals surface area contributed by atoms with Crippen LogP contribution in [0.25, 0.3) is 0 Å². The number of piperidine rings is 2. The van der Waals surface area contributed by atoms with Crippen molar-refractivity contribution in [1.29, 1.82) is 0 Å². The number of hydrogen-bond acceptors (Lipinski definition) is 3. The van der Waals surface area contributed by atoms with E-state index < -0.39 is 0 Å². The van der Waals surface area contributed by atoms with Crippen LogP contribution in [0.1, 0.15) is 25.7 Å². The summed E-state index contributed by atoms with van der Waals surface area (Å²) in [6.45, 7) is 1.85. The molecule has 0 bridgehead atoms. The molecule has 2 atom stereocenters. The fraction of sp³-hybridized carbons (Fsp3) is 0.900. The predicted octanol–water partition coefficient (Wildman–Crippen LogP) is 0.422. The molecule has 0 saturated carbocycles. The lowest BCUT2D eigenvalue weighted by Crippen LogP contribution is -2.52. The van der Waals surface area contributed by atoms with Gasteiger partial charge in [-0.3, -0.25) is 9.69 Å². The first kappa shape index (κ1) is 9.16. The average molecular weight is 183 g/mol. The van der Waals surface area contributed by atoms with Gasteiger partial charge in [0, 0.05) is 25.0 Å². The highest BCUT2D eigenvalue weighted by Gasteiger charge is 2.35. The minimum atomic E-state index is 0.174. The fourth-order valence-corrected chi connectivity index (χ4v) is 2.65. The van der Waals surface area contributed by atoms with E-state index in [2.05, 4.69) is 4.90 Å². The Morgan fingerprint density at radius 3 is 3.08 bits per heavy atom. The van der Waals surface area contributed by atoms with Crippen molar-refractivity contribution in [3.8, 4) is 0 Å². The Hall–Kier alpha value is -0.410.